The summed E-state index contributed by atoms with van der Waals surface area (Å²) in [6.45, 7) is 4.93. The Labute approximate surface area is 113 Å². The average molecular weight is 254 g/mol. The van der Waals surface area contributed by atoms with E-state index in [0.717, 1.165) is 17.9 Å². The molecule has 0 unspecified atom stereocenters. The van der Waals surface area contributed by atoms with Gasteiger partial charge in [-0.25, -0.2) is 0 Å². The highest BCUT2D eigenvalue weighted by molar-refractivity contribution is 5.97. The van der Waals surface area contributed by atoms with Gasteiger partial charge in [-0.05, 0) is 38.1 Å². The Kier molecular flexibility index (Phi) is 2.90. The van der Waals surface area contributed by atoms with E-state index in [2.05, 4.69) is 48.0 Å². The topological polar surface area (TPSA) is 34.0 Å². The molecule has 3 rings (SSSR count). The van der Waals surface area contributed by atoms with Gasteiger partial charge in [0.15, 0.2) is 5.78 Å². The number of hydrogen-bond acceptors (Lipinski definition) is 2. The van der Waals surface area contributed by atoms with Crippen LogP contribution in [0.15, 0.2) is 36.4 Å². The lowest BCUT2D eigenvalue weighted by Crippen LogP contribution is -2.08. The molecule has 1 aromatic carbocycles. The summed E-state index contributed by atoms with van der Waals surface area (Å²) < 4.78 is 2.16. The fourth-order valence-corrected chi connectivity index (χ4v) is 2.71. The number of fused-ring (bicyclic) bond motifs is 1. The van der Waals surface area contributed by atoms with Crippen molar-refractivity contribution in [2.45, 2.75) is 32.9 Å². The van der Waals surface area contributed by atoms with Gasteiger partial charge in [0.05, 0.1) is 12.2 Å². The molecule has 0 amide bonds. The molecule has 3 nitrogen and oxygen atoms in total. The maximum absolute atomic E-state index is 11.8. The second-order valence-corrected chi connectivity index (χ2v) is 5.28. The smallest absolute Gasteiger partial charge is 0.181 e. The number of Topliss-reactive ketones (excluding diaryl/α,β-unsaturated/α-hetero) is 1. The van der Waals surface area contributed by atoms with Crippen LogP contribution < -0.4 is 5.32 Å². The second-order valence-electron chi connectivity index (χ2n) is 5.28. The fourth-order valence-electron chi connectivity index (χ4n) is 2.71. The van der Waals surface area contributed by atoms with Crippen LogP contribution in [0.5, 0.6) is 0 Å². The normalized spacial score (nSPS) is 17.6. The number of hydrogen-bond donors (Lipinski definition) is 1. The number of aromatic nitrogens is 1. The molecule has 0 radical (unpaired) electrons. The molecule has 0 bridgehead atoms. The minimum absolute atomic E-state index is 0.258. The lowest BCUT2D eigenvalue weighted by Gasteiger charge is -2.13. The van der Waals surface area contributed by atoms with Gasteiger partial charge in [0.25, 0.3) is 0 Å². The van der Waals surface area contributed by atoms with Gasteiger partial charge in [0.1, 0.15) is 0 Å². The molecule has 1 N–H and O–H groups in total. The van der Waals surface area contributed by atoms with Crippen molar-refractivity contribution >= 4 is 11.5 Å². The molecule has 0 saturated carbocycles. The predicted molar refractivity (Wildman–Crippen MR) is 76.6 cm³/mol. The van der Waals surface area contributed by atoms with Gasteiger partial charge < -0.3 is 9.88 Å². The van der Waals surface area contributed by atoms with Crippen molar-refractivity contribution in [3.8, 4) is 0 Å². The molecular formula is C16H18N2O. The summed E-state index contributed by atoms with van der Waals surface area (Å²) in [6.07, 6.45) is 0.633. The highest BCUT2D eigenvalue weighted by Gasteiger charge is 2.27. The average Bonchev–Trinajstić information content (AvgIpc) is 2.92. The number of nitrogens with zero attached hydrogens (tertiary/aromatic N) is 1. The first-order valence-corrected chi connectivity index (χ1v) is 6.69. The van der Waals surface area contributed by atoms with E-state index in [0.29, 0.717) is 6.42 Å². The molecule has 0 aliphatic carbocycles. The van der Waals surface area contributed by atoms with Crippen LogP contribution in [0.4, 0.5) is 5.69 Å². The molecule has 98 valence electrons. The van der Waals surface area contributed by atoms with Gasteiger partial charge in [-0.1, -0.05) is 17.7 Å². The molecule has 19 heavy (non-hydrogen) atoms. The van der Waals surface area contributed by atoms with Crippen LogP contribution in [0.1, 0.15) is 41.1 Å². The van der Waals surface area contributed by atoms with Gasteiger partial charge in [-0.3, -0.25) is 4.79 Å². The summed E-state index contributed by atoms with van der Waals surface area (Å²) in [4.78, 5) is 11.8. The van der Waals surface area contributed by atoms with E-state index in [4.69, 9.17) is 0 Å². The van der Waals surface area contributed by atoms with Gasteiger partial charge in [-0.2, -0.15) is 0 Å². The van der Waals surface area contributed by atoms with Gasteiger partial charge >= 0.3 is 0 Å². The zero-order valence-corrected chi connectivity index (χ0v) is 11.3. The molecule has 1 aromatic heterocycles. The third kappa shape index (κ3) is 2.16. The van der Waals surface area contributed by atoms with Crippen molar-refractivity contribution in [2.75, 3.05) is 5.32 Å². The van der Waals surface area contributed by atoms with E-state index in [1.54, 1.807) is 0 Å². The Hall–Kier alpha value is -2.03. The van der Waals surface area contributed by atoms with E-state index < -0.39 is 0 Å². The van der Waals surface area contributed by atoms with Gasteiger partial charge in [0, 0.05) is 23.8 Å². The summed E-state index contributed by atoms with van der Waals surface area (Å²) in [5.41, 5.74) is 4.40. The van der Waals surface area contributed by atoms with E-state index in [1.165, 1.54) is 11.3 Å². The molecule has 1 atom stereocenters. The molecule has 1 aliphatic heterocycles. The van der Waals surface area contributed by atoms with E-state index in [9.17, 15) is 4.79 Å². The number of anilines is 1. The standard InChI is InChI=1S/C16H18N2O/c1-11-3-5-13(6-4-11)17-10-14-7-8-15-16(19)9-12(2)18(14)15/h3-8,12,17H,9-10H2,1-2H3/t12-/m0/s1. The van der Waals surface area contributed by atoms with Crippen LogP contribution in [0.25, 0.3) is 0 Å². The molecule has 3 heteroatoms. The van der Waals surface area contributed by atoms with Crippen LogP contribution in [-0.4, -0.2) is 10.4 Å². The maximum Gasteiger partial charge on any atom is 0.181 e. The second kappa shape index (κ2) is 4.57. The van der Waals surface area contributed by atoms with Gasteiger partial charge in [0.2, 0.25) is 0 Å². The predicted octanol–water partition coefficient (Wildman–Crippen LogP) is 3.56. The first-order valence-electron chi connectivity index (χ1n) is 6.69. The number of ketones is 1. The third-order valence-corrected chi connectivity index (χ3v) is 3.74. The number of aryl methyl sites for hydroxylation is 1. The number of nitrogens with one attached hydrogen (secondary N) is 1. The van der Waals surface area contributed by atoms with Crippen LogP contribution in [0.2, 0.25) is 0 Å². The molecule has 0 saturated heterocycles. The zero-order valence-electron chi connectivity index (χ0n) is 11.3. The van der Waals surface area contributed by atoms with Crippen LogP contribution in [0.3, 0.4) is 0 Å². The fraction of sp³-hybridized carbons (Fsp3) is 0.312. The summed E-state index contributed by atoms with van der Waals surface area (Å²) in [7, 11) is 0. The lowest BCUT2D eigenvalue weighted by molar-refractivity contribution is 0.0990. The first kappa shape index (κ1) is 12.0. The van der Waals surface area contributed by atoms with E-state index >= 15 is 0 Å². The Balaban J connectivity index is 1.76. The van der Waals surface area contributed by atoms with E-state index in [-0.39, 0.29) is 11.8 Å². The minimum Gasteiger partial charge on any atom is -0.379 e. The first-order chi connectivity index (χ1) is 9.15. The van der Waals surface area contributed by atoms with Crippen molar-refractivity contribution < 1.29 is 4.79 Å². The Bertz CT molecular complexity index is 610. The Morgan fingerprint density at radius 3 is 2.68 bits per heavy atom. The maximum atomic E-state index is 11.8. The van der Waals surface area contributed by atoms with Crippen LogP contribution in [-0.2, 0) is 6.54 Å². The quantitative estimate of drug-likeness (QED) is 0.908. The van der Waals surface area contributed by atoms with Crippen LogP contribution >= 0.6 is 0 Å². The van der Waals surface area contributed by atoms with Crippen molar-refractivity contribution in [1.29, 1.82) is 0 Å². The highest BCUT2D eigenvalue weighted by atomic mass is 16.1. The van der Waals surface area contributed by atoms with Crippen molar-refractivity contribution in [2.24, 2.45) is 0 Å². The van der Waals surface area contributed by atoms with Gasteiger partial charge in [-0.15, -0.1) is 0 Å². The molecule has 0 fully saturated rings. The monoisotopic (exact) mass is 254 g/mol. The SMILES string of the molecule is Cc1ccc(NCc2ccc3n2[C@@H](C)CC3=O)cc1. The zero-order chi connectivity index (χ0) is 13.4. The third-order valence-electron chi connectivity index (χ3n) is 3.74. The van der Waals surface area contributed by atoms with Crippen molar-refractivity contribution in [1.82, 2.24) is 4.57 Å². The van der Waals surface area contributed by atoms with E-state index in [1.807, 2.05) is 12.1 Å². The number of carbonyl (C=O) groups excluding carboxylic acids is 1. The summed E-state index contributed by atoms with van der Waals surface area (Å²) >= 11 is 0. The number of carbonyl (C=O) groups is 1. The van der Waals surface area contributed by atoms with Crippen molar-refractivity contribution in [3.05, 3.63) is 53.3 Å². The Morgan fingerprint density at radius 2 is 1.95 bits per heavy atom. The number of benzene rings is 1. The lowest BCUT2D eigenvalue weighted by atomic mass is 10.2. The number of rotatable bonds is 3. The molecule has 0 spiro atoms. The molecule has 2 aromatic rings. The summed E-state index contributed by atoms with van der Waals surface area (Å²) in [5, 5.41) is 3.41. The van der Waals surface area contributed by atoms with Crippen LogP contribution in [0, 0.1) is 6.92 Å². The Morgan fingerprint density at radius 1 is 1.21 bits per heavy atom. The highest BCUT2D eigenvalue weighted by Crippen LogP contribution is 2.28. The largest absolute Gasteiger partial charge is 0.379 e. The molecule has 1 aliphatic rings. The minimum atomic E-state index is 0.258. The molecule has 2 heterocycles. The summed E-state index contributed by atoms with van der Waals surface area (Å²) in [5.74, 6) is 0.258. The molecular weight excluding hydrogens is 236 g/mol. The van der Waals surface area contributed by atoms with Crippen molar-refractivity contribution in [3.63, 3.8) is 0 Å². The summed E-state index contributed by atoms with van der Waals surface area (Å²) in [6, 6.07) is 12.6.